The van der Waals surface area contributed by atoms with Gasteiger partial charge in [0, 0.05) is 4.47 Å². The number of benzene rings is 2. The molecule has 2 aromatic rings. The van der Waals surface area contributed by atoms with Crippen molar-refractivity contribution in [1.29, 1.82) is 5.41 Å². The highest BCUT2D eigenvalue weighted by atomic mass is 79.9. The summed E-state index contributed by atoms with van der Waals surface area (Å²) in [5, 5.41) is 7.61. The number of nitrogens with one attached hydrogen (secondary N) is 1. The van der Waals surface area contributed by atoms with Crippen LogP contribution in [0.4, 0.5) is 0 Å². The van der Waals surface area contributed by atoms with E-state index in [1.54, 1.807) is 6.07 Å². The highest BCUT2D eigenvalue weighted by Crippen LogP contribution is 2.30. The van der Waals surface area contributed by atoms with E-state index >= 15 is 0 Å². The van der Waals surface area contributed by atoms with Gasteiger partial charge in [0.1, 0.15) is 17.3 Å². The van der Waals surface area contributed by atoms with Crippen LogP contribution in [-0.2, 0) is 5.41 Å². The van der Waals surface area contributed by atoms with Crippen molar-refractivity contribution < 1.29 is 4.74 Å². The molecule has 4 heteroatoms. The van der Waals surface area contributed by atoms with Gasteiger partial charge in [-0.2, -0.15) is 0 Å². The van der Waals surface area contributed by atoms with Crippen LogP contribution in [0.1, 0.15) is 31.9 Å². The molecule has 0 aromatic heterocycles. The van der Waals surface area contributed by atoms with Crippen molar-refractivity contribution >= 4 is 21.8 Å². The van der Waals surface area contributed by atoms with Gasteiger partial charge in [0.15, 0.2) is 0 Å². The molecular weight excluding hydrogens is 328 g/mol. The maximum absolute atomic E-state index is 7.61. The summed E-state index contributed by atoms with van der Waals surface area (Å²) >= 11 is 3.41. The van der Waals surface area contributed by atoms with E-state index in [1.165, 1.54) is 5.56 Å². The van der Waals surface area contributed by atoms with Crippen LogP contribution in [-0.4, -0.2) is 5.84 Å². The van der Waals surface area contributed by atoms with Crippen molar-refractivity contribution in [2.24, 2.45) is 5.73 Å². The number of rotatable bonds is 3. The van der Waals surface area contributed by atoms with Crippen molar-refractivity contribution in [3.8, 4) is 11.5 Å². The molecule has 3 nitrogen and oxygen atoms in total. The van der Waals surface area contributed by atoms with E-state index in [1.807, 2.05) is 24.3 Å². The summed E-state index contributed by atoms with van der Waals surface area (Å²) in [6.07, 6.45) is 0. The number of nitrogen functional groups attached to an aromatic ring is 1. The van der Waals surface area contributed by atoms with E-state index in [9.17, 15) is 0 Å². The van der Waals surface area contributed by atoms with E-state index in [0.717, 1.165) is 10.2 Å². The Kier molecular flexibility index (Phi) is 4.37. The molecule has 0 spiro atoms. The Balaban J connectivity index is 2.30. The Bertz CT molecular complexity index is 657. The Hall–Kier alpha value is -1.81. The lowest BCUT2D eigenvalue weighted by Gasteiger charge is -2.19. The highest BCUT2D eigenvalue weighted by Gasteiger charge is 2.14. The first-order valence-electron chi connectivity index (χ1n) is 6.70. The SMILES string of the molecule is CC(C)(C)c1ccc(Oc2cc(Br)ccc2C(=N)N)cc1. The van der Waals surface area contributed by atoms with Crippen molar-refractivity contribution in [3.63, 3.8) is 0 Å². The molecule has 21 heavy (non-hydrogen) atoms. The normalized spacial score (nSPS) is 11.2. The van der Waals surface area contributed by atoms with Gasteiger partial charge in [0.05, 0.1) is 5.56 Å². The monoisotopic (exact) mass is 346 g/mol. The van der Waals surface area contributed by atoms with Gasteiger partial charge < -0.3 is 10.5 Å². The summed E-state index contributed by atoms with van der Waals surface area (Å²) < 4.78 is 6.75. The smallest absolute Gasteiger partial charge is 0.139 e. The van der Waals surface area contributed by atoms with Crippen LogP contribution in [0.15, 0.2) is 46.9 Å². The Morgan fingerprint density at radius 2 is 1.71 bits per heavy atom. The van der Waals surface area contributed by atoms with Gasteiger partial charge in [0.2, 0.25) is 0 Å². The van der Waals surface area contributed by atoms with Crippen LogP contribution < -0.4 is 10.5 Å². The summed E-state index contributed by atoms with van der Waals surface area (Å²) in [7, 11) is 0. The van der Waals surface area contributed by atoms with Gasteiger partial charge >= 0.3 is 0 Å². The van der Waals surface area contributed by atoms with Crippen LogP contribution in [0.2, 0.25) is 0 Å². The maximum atomic E-state index is 7.61. The molecule has 0 aliphatic rings. The van der Waals surface area contributed by atoms with Crippen LogP contribution in [0, 0.1) is 5.41 Å². The second-order valence-corrected chi connectivity index (χ2v) is 6.85. The number of hydrogen-bond acceptors (Lipinski definition) is 2. The maximum Gasteiger partial charge on any atom is 0.139 e. The predicted octanol–water partition coefficient (Wildman–Crippen LogP) is 4.82. The number of halogens is 1. The summed E-state index contributed by atoms with van der Waals surface area (Å²) in [5.74, 6) is 1.28. The fourth-order valence-electron chi connectivity index (χ4n) is 1.95. The number of ether oxygens (including phenoxy) is 1. The quantitative estimate of drug-likeness (QED) is 0.618. The van der Waals surface area contributed by atoms with E-state index in [-0.39, 0.29) is 11.3 Å². The van der Waals surface area contributed by atoms with Crippen molar-refractivity contribution in [2.45, 2.75) is 26.2 Å². The molecule has 0 saturated heterocycles. The highest BCUT2D eigenvalue weighted by molar-refractivity contribution is 9.10. The van der Waals surface area contributed by atoms with Crippen LogP contribution >= 0.6 is 15.9 Å². The van der Waals surface area contributed by atoms with Gasteiger partial charge in [-0.05, 0) is 41.3 Å². The van der Waals surface area contributed by atoms with Crippen molar-refractivity contribution in [3.05, 3.63) is 58.1 Å². The molecule has 0 amide bonds. The fraction of sp³-hybridized carbons (Fsp3) is 0.235. The second kappa shape index (κ2) is 5.90. The van der Waals surface area contributed by atoms with E-state index in [2.05, 4.69) is 48.8 Å². The van der Waals surface area contributed by atoms with Gasteiger partial charge in [-0.1, -0.05) is 48.8 Å². The molecule has 0 bridgehead atoms. The summed E-state index contributed by atoms with van der Waals surface area (Å²) in [6.45, 7) is 6.51. The fourth-order valence-corrected chi connectivity index (χ4v) is 2.29. The molecule has 0 fully saturated rings. The Labute approximate surface area is 133 Å². The molecule has 0 atom stereocenters. The van der Waals surface area contributed by atoms with E-state index < -0.39 is 0 Å². The average Bonchev–Trinajstić information content (AvgIpc) is 2.38. The van der Waals surface area contributed by atoms with Crippen molar-refractivity contribution in [2.75, 3.05) is 0 Å². The molecular formula is C17H19BrN2O. The zero-order chi connectivity index (χ0) is 15.6. The third-order valence-corrected chi connectivity index (χ3v) is 3.68. The molecule has 110 valence electrons. The number of amidine groups is 1. The first-order chi connectivity index (χ1) is 9.77. The minimum absolute atomic E-state index is 0.0104. The predicted molar refractivity (Wildman–Crippen MR) is 90.4 cm³/mol. The third kappa shape index (κ3) is 3.85. The molecule has 2 aromatic carbocycles. The lowest BCUT2D eigenvalue weighted by molar-refractivity contribution is 0.480. The topological polar surface area (TPSA) is 59.1 Å². The van der Waals surface area contributed by atoms with Gasteiger partial charge in [-0.3, -0.25) is 5.41 Å². The lowest BCUT2D eigenvalue weighted by atomic mass is 9.87. The average molecular weight is 347 g/mol. The molecule has 0 unspecified atom stereocenters. The molecule has 0 aliphatic carbocycles. The summed E-state index contributed by atoms with van der Waals surface area (Å²) in [6, 6.07) is 13.4. The van der Waals surface area contributed by atoms with E-state index in [0.29, 0.717) is 11.3 Å². The van der Waals surface area contributed by atoms with Gasteiger partial charge in [0.25, 0.3) is 0 Å². The zero-order valence-corrected chi connectivity index (χ0v) is 14.0. The minimum Gasteiger partial charge on any atom is -0.457 e. The largest absolute Gasteiger partial charge is 0.457 e. The Morgan fingerprint density at radius 3 is 2.24 bits per heavy atom. The molecule has 2 rings (SSSR count). The number of hydrogen-bond donors (Lipinski definition) is 2. The first kappa shape index (κ1) is 15.6. The number of nitrogens with two attached hydrogens (primary N) is 1. The minimum atomic E-state index is -0.0104. The third-order valence-electron chi connectivity index (χ3n) is 3.18. The second-order valence-electron chi connectivity index (χ2n) is 5.93. The molecule has 0 radical (unpaired) electrons. The summed E-state index contributed by atoms with van der Waals surface area (Å²) in [5.41, 5.74) is 7.53. The van der Waals surface area contributed by atoms with Gasteiger partial charge in [-0.15, -0.1) is 0 Å². The lowest BCUT2D eigenvalue weighted by Crippen LogP contribution is -2.12. The standard InChI is InChI=1S/C17H19BrN2O/c1-17(2,3)11-4-7-13(8-5-11)21-15-10-12(18)6-9-14(15)16(19)20/h4-10H,1-3H3,(H3,19,20). The first-order valence-corrected chi connectivity index (χ1v) is 7.49. The van der Waals surface area contributed by atoms with Gasteiger partial charge in [-0.25, -0.2) is 0 Å². The van der Waals surface area contributed by atoms with Crippen molar-refractivity contribution in [1.82, 2.24) is 0 Å². The van der Waals surface area contributed by atoms with Crippen LogP contribution in [0.5, 0.6) is 11.5 Å². The van der Waals surface area contributed by atoms with Crippen LogP contribution in [0.25, 0.3) is 0 Å². The van der Waals surface area contributed by atoms with Crippen LogP contribution in [0.3, 0.4) is 0 Å². The molecule has 0 heterocycles. The van der Waals surface area contributed by atoms with E-state index in [4.69, 9.17) is 15.9 Å². The summed E-state index contributed by atoms with van der Waals surface area (Å²) in [4.78, 5) is 0. The molecule has 0 saturated carbocycles. The molecule has 3 N–H and O–H groups in total. The molecule has 0 aliphatic heterocycles. The zero-order valence-electron chi connectivity index (χ0n) is 12.4. The Morgan fingerprint density at radius 1 is 1.10 bits per heavy atom.